The molecule has 2 aliphatic rings. The number of aromatic nitrogens is 3. The first kappa shape index (κ1) is 17.1. The molecule has 0 unspecified atom stereocenters. The smallest absolute Gasteiger partial charge is 0.270 e. The van der Waals surface area contributed by atoms with Crippen molar-refractivity contribution in [3.05, 3.63) is 41.6 Å². The first-order valence-corrected chi connectivity index (χ1v) is 9.62. The fourth-order valence-corrected chi connectivity index (χ4v) is 4.21. The number of carbonyl (C=O) groups is 1. The van der Waals surface area contributed by atoms with Gasteiger partial charge in [-0.1, -0.05) is 6.92 Å². The minimum absolute atomic E-state index is 0.103. The summed E-state index contributed by atoms with van der Waals surface area (Å²) in [7, 11) is 1.92. The highest BCUT2D eigenvalue weighted by molar-refractivity contribution is 5.92. The van der Waals surface area contributed by atoms with Crippen LogP contribution < -0.4 is 4.90 Å². The second kappa shape index (κ2) is 7.09. The maximum atomic E-state index is 12.9. The van der Waals surface area contributed by atoms with Crippen molar-refractivity contribution in [2.75, 3.05) is 31.1 Å². The van der Waals surface area contributed by atoms with Crippen LogP contribution in [0.2, 0.25) is 0 Å². The standard InChI is InChI=1S/C20H27N5O/c1-15-5-3-10-25(13-15)19-16-7-11-24(12-8-17(16)21-14-22-19)20(26)18-6-4-9-23(18)2/h4,6,9,14-15H,3,5,7-8,10-13H2,1-2H3/t15-/m1/s1. The van der Waals surface area contributed by atoms with Crippen LogP contribution in [0.25, 0.3) is 0 Å². The average Bonchev–Trinajstić information content (AvgIpc) is 2.95. The number of nitrogens with zero attached hydrogens (tertiary/aromatic N) is 5. The number of carbonyl (C=O) groups excluding carboxylic acids is 1. The van der Waals surface area contributed by atoms with Crippen LogP contribution in [0, 0.1) is 5.92 Å². The number of rotatable bonds is 2. The number of aryl methyl sites for hydroxylation is 1. The fourth-order valence-electron chi connectivity index (χ4n) is 4.21. The van der Waals surface area contributed by atoms with Gasteiger partial charge in [0.25, 0.3) is 5.91 Å². The maximum Gasteiger partial charge on any atom is 0.270 e. The lowest BCUT2D eigenvalue weighted by molar-refractivity contribution is 0.0753. The number of hydrogen-bond acceptors (Lipinski definition) is 4. The number of fused-ring (bicyclic) bond motifs is 1. The normalized spacial score (nSPS) is 20.6. The topological polar surface area (TPSA) is 54.3 Å². The van der Waals surface area contributed by atoms with Crippen molar-refractivity contribution >= 4 is 11.7 Å². The van der Waals surface area contributed by atoms with Crippen LogP contribution in [0.5, 0.6) is 0 Å². The van der Waals surface area contributed by atoms with Gasteiger partial charge in [0.1, 0.15) is 17.8 Å². The number of hydrogen-bond donors (Lipinski definition) is 0. The summed E-state index contributed by atoms with van der Waals surface area (Å²) in [6.07, 6.45) is 7.75. The van der Waals surface area contributed by atoms with E-state index >= 15 is 0 Å². The molecule has 0 bridgehead atoms. The molecule has 1 atom stereocenters. The minimum Gasteiger partial charge on any atom is -0.356 e. The Morgan fingerprint density at radius 3 is 2.81 bits per heavy atom. The third-order valence-corrected chi connectivity index (χ3v) is 5.67. The minimum atomic E-state index is 0.103. The molecular formula is C20H27N5O. The second-order valence-corrected chi connectivity index (χ2v) is 7.61. The molecule has 0 saturated carbocycles. The molecule has 2 aliphatic heterocycles. The molecule has 4 rings (SSSR count). The molecule has 1 fully saturated rings. The van der Waals surface area contributed by atoms with E-state index in [2.05, 4.69) is 21.8 Å². The van der Waals surface area contributed by atoms with Crippen molar-refractivity contribution in [2.45, 2.75) is 32.6 Å². The Balaban J connectivity index is 1.55. The van der Waals surface area contributed by atoms with Gasteiger partial charge in [-0.05, 0) is 37.3 Å². The van der Waals surface area contributed by atoms with Gasteiger partial charge < -0.3 is 14.4 Å². The lowest BCUT2D eigenvalue weighted by atomic mass is 9.99. The fraction of sp³-hybridized carbons (Fsp3) is 0.550. The molecule has 2 aromatic rings. The summed E-state index contributed by atoms with van der Waals surface area (Å²) in [4.78, 5) is 26.4. The van der Waals surface area contributed by atoms with Crippen LogP contribution in [0.4, 0.5) is 5.82 Å². The van der Waals surface area contributed by atoms with Gasteiger partial charge >= 0.3 is 0 Å². The molecule has 2 aromatic heterocycles. The first-order chi connectivity index (χ1) is 12.6. The number of piperidine rings is 1. The van der Waals surface area contributed by atoms with Crippen molar-refractivity contribution in [3.63, 3.8) is 0 Å². The predicted octanol–water partition coefficient (Wildman–Crippen LogP) is 2.29. The zero-order valence-electron chi connectivity index (χ0n) is 15.7. The van der Waals surface area contributed by atoms with Gasteiger partial charge in [0.05, 0.1) is 5.69 Å². The third-order valence-electron chi connectivity index (χ3n) is 5.67. The molecule has 26 heavy (non-hydrogen) atoms. The first-order valence-electron chi connectivity index (χ1n) is 9.62. The SMILES string of the molecule is C[C@@H]1CCCN(c2ncnc3c2CCN(C(=O)c2cccn2C)CC3)C1. The average molecular weight is 353 g/mol. The zero-order valence-corrected chi connectivity index (χ0v) is 15.7. The summed E-state index contributed by atoms with van der Waals surface area (Å²) in [5.41, 5.74) is 3.09. The third kappa shape index (κ3) is 3.20. The van der Waals surface area contributed by atoms with Crippen molar-refractivity contribution in [1.29, 1.82) is 0 Å². The summed E-state index contributed by atoms with van der Waals surface area (Å²) in [6.45, 7) is 5.88. The highest BCUT2D eigenvalue weighted by Crippen LogP contribution is 2.28. The Kier molecular flexibility index (Phi) is 4.66. The zero-order chi connectivity index (χ0) is 18.1. The molecule has 6 heteroatoms. The Bertz CT molecular complexity index is 799. The molecule has 138 valence electrons. The van der Waals surface area contributed by atoms with E-state index in [0.29, 0.717) is 12.5 Å². The highest BCUT2D eigenvalue weighted by atomic mass is 16.2. The van der Waals surface area contributed by atoms with Crippen LogP contribution in [0.15, 0.2) is 24.7 Å². The van der Waals surface area contributed by atoms with E-state index < -0.39 is 0 Å². The highest BCUT2D eigenvalue weighted by Gasteiger charge is 2.26. The molecule has 0 N–H and O–H groups in total. The van der Waals surface area contributed by atoms with Crippen molar-refractivity contribution in [1.82, 2.24) is 19.4 Å². The van der Waals surface area contributed by atoms with Gasteiger partial charge in [-0.3, -0.25) is 4.79 Å². The molecule has 0 aromatic carbocycles. The summed E-state index contributed by atoms with van der Waals surface area (Å²) < 4.78 is 1.89. The largest absolute Gasteiger partial charge is 0.356 e. The Labute approximate surface area is 154 Å². The lowest BCUT2D eigenvalue weighted by Crippen LogP contribution is -2.36. The van der Waals surface area contributed by atoms with E-state index in [9.17, 15) is 4.79 Å². The van der Waals surface area contributed by atoms with E-state index in [0.717, 1.165) is 49.7 Å². The van der Waals surface area contributed by atoms with Crippen LogP contribution in [-0.4, -0.2) is 51.5 Å². The second-order valence-electron chi connectivity index (χ2n) is 7.61. The molecule has 6 nitrogen and oxygen atoms in total. The van der Waals surface area contributed by atoms with E-state index in [1.165, 1.54) is 18.4 Å². The summed E-state index contributed by atoms with van der Waals surface area (Å²) in [6, 6.07) is 3.81. The van der Waals surface area contributed by atoms with Crippen molar-refractivity contribution < 1.29 is 4.79 Å². The monoisotopic (exact) mass is 353 g/mol. The lowest BCUT2D eigenvalue weighted by Gasteiger charge is -2.33. The Hall–Kier alpha value is -2.37. The molecule has 1 saturated heterocycles. The van der Waals surface area contributed by atoms with E-state index in [1.54, 1.807) is 6.33 Å². The van der Waals surface area contributed by atoms with Gasteiger partial charge in [0, 0.05) is 51.4 Å². The van der Waals surface area contributed by atoms with Crippen LogP contribution in [-0.2, 0) is 19.9 Å². The molecule has 4 heterocycles. The molecule has 0 aliphatic carbocycles. The van der Waals surface area contributed by atoms with Crippen molar-refractivity contribution in [3.8, 4) is 0 Å². The van der Waals surface area contributed by atoms with Crippen molar-refractivity contribution in [2.24, 2.45) is 13.0 Å². The number of anilines is 1. The van der Waals surface area contributed by atoms with E-state index in [1.807, 2.05) is 34.8 Å². The maximum absolute atomic E-state index is 12.9. The number of amides is 1. The van der Waals surface area contributed by atoms with Gasteiger partial charge in [-0.2, -0.15) is 0 Å². The molecular weight excluding hydrogens is 326 g/mol. The Morgan fingerprint density at radius 1 is 1.19 bits per heavy atom. The molecule has 0 spiro atoms. The summed E-state index contributed by atoms with van der Waals surface area (Å²) >= 11 is 0. The summed E-state index contributed by atoms with van der Waals surface area (Å²) in [5.74, 6) is 1.90. The van der Waals surface area contributed by atoms with Gasteiger partial charge in [0.2, 0.25) is 0 Å². The van der Waals surface area contributed by atoms with Gasteiger partial charge in [-0.15, -0.1) is 0 Å². The van der Waals surface area contributed by atoms with E-state index in [4.69, 9.17) is 0 Å². The quantitative estimate of drug-likeness (QED) is 0.831. The molecule has 0 radical (unpaired) electrons. The van der Waals surface area contributed by atoms with Crippen LogP contribution in [0.1, 0.15) is 41.5 Å². The van der Waals surface area contributed by atoms with Gasteiger partial charge in [0.15, 0.2) is 0 Å². The van der Waals surface area contributed by atoms with E-state index in [-0.39, 0.29) is 5.91 Å². The summed E-state index contributed by atoms with van der Waals surface area (Å²) in [5, 5.41) is 0. The Morgan fingerprint density at radius 2 is 2.04 bits per heavy atom. The molecule has 1 amide bonds. The predicted molar refractivity (Wildman–Crippen MR) is 101 cm³/mol. The van der Waals surface area contributed by atoms with Gasteiger partial charge in [-0.25, -0.2) is 9.97 Å². The van der Waals surface area contributed by atoms with Crippen LogP contribution >= 0.6 is 0 Å². The van der Waals surface area contributed by atoms with Crippen LogP contribution in [0.3, 0.4) is 0 Å².